The molecule has 0 amide bonds. The number of hydrogen-bond donors (Lipinski definition) is 0. The van der Waals surface area contributed by atoms with Crippen LogP contribution in [0.2, 0.25) is 0 Å². The van der Waals surface area contributed by atoms with Crippen molar-refractivity contribution in [1.29, 1.82) is 0 Å². The molecule has 0 aliphatic heterocycles. The molecule has 0 aliphatic rings. The lowest BCUT2D eigenvalue weighted by molar-refractivity contribution is -0.140. The van der Waals surface area contributed by atoms with Crippen molar-refractivity contribution >= 4 is 11.5 Å². The number of methoxy groups -OCH3 is 1. The van der Waals surface area contributed by atoms with Crippen LogP contribution in [0, 0.1) is 0 Å². The maximum Gasteiger partial charge on any atom is 0.435 e. The van der Waals surface area contributed by atoms with Crippen LogP contribution in [0.15, 0.2) is 54.6 Å². The molecule has 3 aromatic rings. The summed E-state index contributed by atoms with van der Waals surface area (Å²) < 4.78 is 49.3. The van der Waals surface area contributed by atoms with Crippen LogP contribution in [-0.4, -0.2) is 11.5 Å². The number of nitrogens with zero attached hydrogens (tertiary/aromatic N) is 1. The Morgan fingerprint density at radius 2 is 1.64 bits per heavy atom. The molecule has 1 heterocycles. The zero-order chi connectivity index (χ0) is 17.9. The van der Waals surface area contributed by atoms with Gasteiger partial charge in [0.2, 0.25) is 0 Å². The first-order valence-corrected chi connectivity index (χ1v) is 8.51. The fourth-order valence-corrected chi connectivity index (χ4v) is 3.61. The summed E-state index contributed by atoms with van der Waals surface area (Å²) in [7, 11) is 1.45. The minimum Gasteiger partial charge on any atom is -0.496 e. The molecule has 6 heteroatoms. The van der Waals surface area contributed by atoms with Crippen molar-refractivity contribution in [3.8, 4) is 16.9 Å². The van der Waals surface area contributed by atoms with Crippen LogP contribution in [0.5, 0.6) is 5.75 Å². The molecule has 0 bridgehead atoms. The standard InChI is InChI=1S/C19H16F3NOS/c1-24-15-10-6-5-9-14(15)17-16(25-23-18(17)19(20,21)22)12-11-13-7-3-2-4-8-13/h2-10H,11-12H2,1H3. The van der Waals surface area contributed by atoms with E-state index in [9.17, 15) is 13.2 Å². The predicted molar refractivity (Wildman–Crippen MR) is 93.0 cm³/mol. The van der Waals surface area contributed by atoms with E-state index in [0.29, 0.717) is 29.0 Å². The van der Waals surface area contributed by atoms with Gasteiger partial charge in [-0.25, -0.2) is 0 Å². The summed E-state index contributed by atoms with van der Waals surface area (Å²) >= 11 is 0.911. The molecule has 1 aromatic heterocycles. The third-order valence-electron chi connectivity index (χ3n) is 3.89. The first-order chi connectivity index (χ1) is 12.0. The Balaban J connectivity index is 2.03. The average Bonchev–Trinajstić information content (AvgIpc) is 3.05. The van der Waals surface area contributed by atoms with Crippen LogP contribution in [-0.2, 0) is 19.0 Å². The number of rotatable bonds is 5. The van der Waals surface area contributed by atoms with Gasteiger partial charge in [0.15, 0.2) is 5.69 Å². The summed E-state index contributed by atoms with van der Waals surface area (Å²) in [5, 5.41) is 0. The topological polar surface area (TPSA) is 22.1 Å². The van der Waals surface area contributed by atoms with Gasteiger partial charge in [-0.15, -0.1) is 0 Å². The van der Waals surface area contributed by atoms with Gasteiger partial charge >= 0.3 is 6.18 Å². The van der Waals surface area contributed by atoms with Crippen molar-refractivity contribution in [2.45, 2.75) is 19.0 Å². The second-order valence-electron chi connectivity index (χ2n) is 5.51. The Labute approximate surface area is 148 Å². The molecule has 0 spiro atoms. The molecular formula is C19H16F3NOS. The second kappa shape index (κ2) is 7.27. The number of aryl methyl sites for hydroxylation is 2. The Hall–Kier alpha value is -2.34. The number of hydrogen-bond acceptors (Lipinski definition) is 3. The van der Waals surface area contributed by atoms with E-state index in [-0.39, 0.29) is 5.56 Å². The largest absolute Gasteiger partial charge is 0.496 e. The summed E-state index contributed by atoms with van der Waals surface area (Å²) in [5.41, 5.74) is 0.792. The monoisotopic (exact) mass is 363 g/mol. The highest BCUT2D eigenvalue weighted by Crippen LogP contribution is 2.43. The van der Waals surface area contributed by atoms with Crippen molar-refractivity contribution < 1.29 is 17.9 Å². The van der Waals surface area contributed by atoms with Crippen molar-refractivity contribution in [2.75, 3.05) is 7.11 Å². The lowest BCUT2D eigenvalue weighted by Gasteiger charge is -2.12. The Kier molecular flexibility index (Phi) is 5.08. The quantitative estimate of drug-likeness (QED) is 0.587. The number of halogens is 3. The molecule has 0 fully saturated rings. The van der Waals surface area contributed by atoms with E-state index in [4.69, 9.17) is 4.74 Å². The molecule has 2 aromatic carbocycles. The van der Waals surface area contributed by atoms with Crippen molar-refractivity contribution in [2.24, 2.45) is 0 Å². The Morgan fingerprint density at radius 1 is 0.960 bits per heavy atom. The van der Waals surface area contributed by atoms with E-state index in [0.717, 1.165) is 17.1 Å². The van der Waals surface area contributed by atoms with Gasteiger partial charge in [-0.3, -0.25) is 0 Å². The van der Waals surface area contributed by atoms with Crippen LogP contribution in [0.25, 0.3) is 11.1 Å². The van der Waals surface area contributed by atoms with E-state index in [2.05, 4.69) is 4.37 Å². The van der Waals surface area contributed by atoms with E-state index < -0.39 is 11.9 Å². The zero-order valence-corrected chi connectivity index (χ0v) is 14.3. The van der Waals surface area contributed by atoms with E-state index in [1.54, 1.807) is 24.3 Å². The highest BCUT2D eigenvalue weighted by atomic mass is 32.1. The van der Waals surface area contributed by atoms with Crippen molar-refractivity contribution in [1.82, 2.24) is 4.37 Å². The zero-order valence-electron chi connectivity index (χ0n) is 13.5. The normalized spacial score (nSPS) is 11.5. The number of benzene rings is 2. The fraction of sp³-hybridized carbons (Fsp3) is 0.211. The second-order valence-corrected chi connectivity index (χ2v) is 6.37. The van der Waals surface area contributed by atoms with Crippen molar-refractivity contribution in [3.05, 3.63) is 70.7 Å². The fourth-order valence-electron chi connectivity index (χ4n) is 2.72. The lowest BCUT2D eigenvalue weighted by Crippen LogP contribution is -2.08. The van der Waals surface area contributed by atoms with Gasteiger partial charge in [0, 0.05) is 16.0 Å². The number of para-hydroxylation sites is 1. The molecule has 0 unspecified atom stereocenters. The lowest BCUT2D eigenvalue weighted by atomic mass is 9.99. The van der Waals surface area contributed by atoms with E-state index >= 15 is 0 Å². The SMILES string of the molecule is COc1ccccc1-c1c(C(F)(F)F)nsc1CCc1ccccc1. The molecule has 0 aliphatic carbocycles. The summed E-state index contributed by atoms with van der Waals surface area (Å²) in [5.74, 6) is 0.411. The molecule has 2 nitrogen and oxygen atoms in total. The molecule has 0 atom stereocenters. The van der Waals surface area contributed by atoms with Gasteiger partial charge in [0.05, 0.1) is 7.11 Å². The van der Waals surface area contributed by atoms with Crippen LogP contribution in [0.1, 0.15) is 16.1 Å². The van der Waals surface area contributed by atoms with Gasteiger partial charge in [-0.2, -0.15) is 17.5 Å². The molecule has 25 heavy (non-hydrogen) atoms. The molecule has 0 N–H and O–H groups in total. The molecule has 0 saturated carbocycles. The van der Waals surface area contributed by atoms with Crippen LogP contribution in [0.3, 0.4) is 0 Å². The van der Waals surface area contributed by atoms with Crippen LogP contribution >= 0.6 is 11.5 Å². The molecule has 0 radical (unpaired) electrons. The van der Waals surface area contributed by atoms with Gasteiger partial charge < -0.3 is 4.74 Å². The van der Waals surface area contributed by atoms with Crippen LogP contribution < -0.4 is 4.74 Å². The minimum absolute atomic E-state index is 0.130. The first kappa shape index (κ1) is 17.5. The first-order valence-electron chi connectivity index (χ1n) is 7.73. The molecular weight excluding hydrogens is 347 g/mol. The van der Waals surface area contributed by atoms with Gasteiger partial charge in [-0.05, 0) is 36.0 Å². The molecule has 0 saturated heterocycles. The average molecular weight is 363 g/mol. The maximum absolute atomic E-state index is 13.4. The molecule has 130 valence electrons. The summed E-state index contributed by atoms with van der Waals surface area (Å²) in [6, 6.07) is 16.4. The Bertz CT molecular complexity index is 843. The predicted octanol–water partition coefficient (Wildman–Crippen LogP) is 5.62. The summed E-state index contributed by atoms with van der Waals surface area (Å²) in [4.78, 5) is 0.612. The van der Waals surface area contributed by atoms with Gasteiger partial charge in [0.25, 0.3) is 0 Å². The van der Waals surface area contributed by atoms with Crippen LogP contribution in [0.4, 0.5) is 13.2 Å². The van der Waals surface area contributed by atoms with E-state index in [1.165, 1.54) is 7.11 Å². The number of aromatic nitrogens is 1. The summed E-state index contributed by atoms with van der Waals surface area (Å²) in [6.07, 6.45) is -3.36. The number of ether oxygens (including phenoxy) is 1. The third-order valence-corrected chi connectivity index (χ3v) is 4.79. The highest BCUT2D eigenvalue weighted by Gasteiger charge is 2.38. The summed E-state index contributed by atoms with van der Waals surface area (Å²) in [6.45, 7) is 0. The van der Waals surface area contributed by atoms with Crippen molar-refractivity contribution in [3.63, 3.8) is 0 Å². The highest BCUT2D eigenvalue weighted by molar-refractivity contribution is 7.06. The van der Waals surface area contributed by atoms with Gasteiger partial charge in [-0.1, -0.05) is 48.5 Å². The maximum atomic E-state index is 13.4. The van der Waals surface area contributed by atoms with Gasteiger partial charge in [0.1, 0.15) is 5.75 Å². The van der Waals surface area contributed by atoms with E-state index in [1.807, 2.05) is 30.3 Å². The minimum atomic E-state index is -4.50. The number of alkyl halides is 3. The Morgan fingerprint density at radius 3 is 2.32 bits per heavy atom. The smallest absolute Gasteiger partial charge is 0.435 e. The third kappa shape index (κ3) is 3.85. The molecule has 3 rings (SSSR count).